The van der Waals surface area contributed by atoms with Gasteiger partial charge in [-0.25, -0.2) is 8.78 Å². The number of benzene rings is 2. The van der Waals surface area contributed by atoms with E-state index in [1.807, 2.05) is 30.3 Å². The molecule has 0 unspecified atom stereocenters. The maximum atomic E-state index is 14.1. The smallest absolute Gasteiger partial charge is 0.235 e. The van der Waals surface area contributed by atoms with Crippen molar-refractivity contribution in [3.8, 4) is 17.0 Å². The predicted molar refractivity (Wildman–Crippen MR) is 97.6 cm³/mol. The van der Waals surface area contributed by atoms with Crippen LogP contribution in [0.2, 0.25) is 0 Å². The van der Waals surface area contributed by atoms with E-state index in [2.05, 4.69) is 10.1 Å². The van der Waals surface area contributed by atoms with Gasteiger partial charge in [0.25, 0.3) is 0 Å². The summed E-state index contributed by atoms with van der Waals surface area (Å²) in [5.74, 6) is -2.51. The van der Waals surface area contributed by atoms with Crippen molar-refractivity contribution < 1.29 is 13.9 Å². The number of aromatic nitrogens is 3. The molecule has 4 aromatic rings. The van der Waals surface area contributed by atoms with Crippen LogP contribution in [0.5, 0.6) is 5.75 Å². The van der Waals surface area contributed by atoms with Crippen LogP contribution in [-0.2, 0) is 13.5 Å². The summed E-state index contributed by atoms with van der Waals surface area (Å²) in [4.78, 5) is 15.6. The van der Waals surface area contributed by atoms with Gasteiger partial charge in [0, 0.05) is 13.5 Å². The summed E-state index contributed by atoms with van der Waals surface area (Å²) in [5.41, 5.74) is 0.176. The van der Waals surface area contributed by atoms with Crippen molar-refractivity contribution >= 4 is 11.0 Å². The fourth-order valence-corrected chi connectivity index (χ4v) is 3.20. The second-order valence-electron chi connectivity index (χ2n) is 6.23. The molecule has 0 fully saturated rings. The third kappa shape index (κ3) is 2.77. The number of nitrogens with one attached hydrogen (secondary N) is 1. The van der Waals surface area contributed by atoms with Crippen LogP contribution in [-0.4, -0.2) is 19.9 Å². The Morgan fingerprint density at radius 3 is 2.41 bits per heavy atom. The topological polar surface area (TPSA) is 70.9 Å². The van der Waals surface area contributed by atoms with Crippen LogP contribution < -0.4 is 5.43 Å². The molecule has 7 heteroatoms. The lowest BCUT2D eigenvalue weighted by Gasteiger charge is -2.08. The van der Waals surface area contributed by atoms with Gasteiger partial charge in [-0.05, 0) is 17.7 Å². The van der Waals surface area contributed by atoms with Crippen LogP contribution in [0.15, 0.2) is 53.3 Å². The molecule has 2 N–H and O–H groups in total. The monoisotopic (exact) mass is 367 g/mol. The number of H-pyrrole nitrogens is 1. The van der Waals surface area contributed by atoms with Crippen LogP contribution in [0.4, 0.5) is 8.78 Å². The van der Waals surface area contributed by atoms with Crippen LogP contribution in [0.3, 0.4) is 0 Å². The van der Waals surface area contributed by atoms with Crippen molar-refractivity contribution in [1.82, 2.24) is 14.8 Å². The zero-order valence-electron chi connectivity index (χ0n) is 14.3. The molecule has 27 heavy (non-hydrogen) atoms. The highest BCUT2D eigenvalue weighted by molar-refractivity contribution is 5.85. The Labute approximate surface area is 152 Å². The largest absolute Gasteiger partial charge is 0.503 e. The van der Waals surface area contributed by atoms with E-state index in [0.29, 0.717) is 12.1 Å². The van der Waals surface area contributed by atoms with E-state index in [1.165, 1.54) is 10.7 Å². The summed E-state index contributed by atoms with van der Waals surface area (Å²) in [6, 6.07) is 12.8. The number of aromatic amines is 1. The minimum atomic E-state index is -0.882. The number of nitrogens with zero attached hydrogens (tertiary/aromatic N) is 2. The molecule has 2 aromatic heterocycles. The Balaban J connectivity index is 1.96. The zero-order valence-corrected chi connectivity index (χ0v) is 14.3. The number of aryl methyl sites for hydroxylation is 1. The highest BCUT2D eigenvalue weighted by Gasteiger charge is 2.23. The maximum absolute atomic E-state index is 14.1. The van der Waals surface area contributed by atoms with E-state index < -0.39 is 28.4 Å². The molecule has 0 atom stereocenters. The minimum Gasteiger partial charge on any atom is -0.503 e. The maximum Gasteiger partial charge on any atom is 0.235 e. The molecule has 0 radical (unpaired) electrons. The van der Waals surface area contributed by atoms with Crippen molar-refractivity contribution in [2.24, 2.45) is 7.05 Å². The molecule has 0 amide bonds. The summed E-state index contributed by atoms with van der Waals surface area (Å²) in [6.45, 7) is 0. The second kappa shape index (κ2) is 6.35. The lowest BCUT2D eigenvalue weighted by atomic mass is 10.0. The van der Waals surface area contributed by atoms with E-state index in [-0.39, 0.29) is 16.7 Å². The Morgan fingerprint density at radius 1 is 1.07 bits per heavy atom. The van der Waals surface area contributed by atoms with Gasteiger partial charge in [-0.2, -0.15) is 5.10 Å². The number of rotatable bonds is 3. The number of fused-ring (bicyclic) bond motifs is 1. The molecule has 0 aliphatic rings. The number of hydrogen-bond acceptors (Lipinski definition) is 3. The van der Waals surface area contributed by atoms with Crippen molar-refractivity contribution in [1.29, 1.82) is 0 Å². The lowest BCUT2D eigenvalue weighted by Crippen LogP contribution is -2.08. The van der Waals surface area contributed by atoms with Gasteiger partial charge in [-0.3, -0.25) is 9.48 Å². The first-order valence-corrected chi connectivity index (χ1v) is 8.26. The van der Waals surface area contributed by atoms with Crippen LogP contribution in [0.1, 0.15) is 11.3 Å². The Bertz CT molecular complexity index is 1190. The van der Waals surface area contributed by atoms with Crippen LogP contribution in [0.25, 0.3) is 22.3 Å². The van der Waals surface area contributed by atoms with E-state index in [9.17, 15) is 18.7 Å². The Hall–Kier alpha value is -3.48. The fourth-order valence-electron chi connectivity index (χ4n) is 3.20. The van der Waals surface area contributed by atoms with Crippen molar-refractivity contribution in [2.75, 3.05) is 0 Å². The molecule has 0 spiro atoms. The summed E-state index contributed by atoms with van der Waals surface area (Å²) in [7, 11) is 1.62. The molecule has 0 saturated carbocycles. The molecular formula is C20H15F2N3O2. The van der Waals surface area contributed by atoms with Crippen molar-refractivity contribution in [3.05, 3.63) is 81.6 Å². The number of aromatic hydroxyl groups is 1. The molecule has 2 aromatic carbocycles. The third-order valence-electron chi connectivity index (χ3n) is 4.47. The SMILES string of the molecule is Cn1nc(Cc2ccccc2)c2c(=O)c(O)c(-c3c(F)cccc3F)[nH]c21. The standard InChI is InChI=1S/C20H15F2N3O2/c1-25-20-16(14(24-25)10-11-6-3-2-4-7-11)18(26)19(27)17(23-20)15-12(21)8-5-9-13(15)22/h2-9,27H,10H2,1H3,(H,23,26). The average molecular weight is 367 g/mol. The highest BCUT2D eigenvalue weighted by Crippen LogP contribution is 2.31. The highest BCUT2D eigenvalue weighted by atomic mass is 19.1. The van der Waals surface area contributed by atoms with Crippen molar-refractivity contribution in [2.45, 2.75) is 6.42 Å². The lowest BCUT2D eigenvalue weighted by molar-refractivity contribution is 0.469. The van der Waals surface area contributed by atoms with E-state index in [0.717, 1.165) is 17.7 Å². The second-order valence-corrected chi connectivity index (χ2v) is 6.23. The van der Waals surface area contributed by atoms with Gasteiger partial charge in [-0.15, -0.1) is 0 Å². The summed E-state index contributed by atoms with van der Waals surface area (Å²) >= 11 is 0. The van der Waals surface area contributed by atoms with Crippen LogP contribution >= 0.6 is 0 Å². The van der Waals surface area contributed by atoms with Gasteiger partial charge >= 0.3 is 0 Å². The van der Waals surface area contributed by atoms with E-state index in [4.69, 9.17) is 0 Å². The first-order valence-electron chi connectivity index (χ1n) is 8.26. The Kier molecular flexibility index (Phi) is 3.99. The summed E-state index contributed by atoms with van der Waals surface area (Å²) in [5, 5.41) is 14.9. The number of pyridine rings is 1. The first kappa shape index (κ1) is 17.0. The van der Waals surface area contributed by atoms with Crippen molar-refractivity contribution in [3.63, 3.8) is 0 Å². The zero-order chi connectivity index (χ0) is 19.1. The summed E-state index contributed by atoms with van der Waals surface area (Å²) < 4.78 is 29.7. The van der Waals surface area contributed by atoms with Crippen LogP contribution in [0, 0.1) is 11.6 Å². The number of halogens is 2. The molecular weight excluding hydrogens is 352 g/mol. The predicted octanol–water partition coefficient (Wildman–Crippen LogP) is 3.50. The molecule has 0 saturated heterocycles. The van der Waals surface area contributed by atoms with Gasteiger partial charge in [0.2, 0.25) is 5.43 Å². The van der Waals surface area contributed by atoms with Gasteiger partial charge in [0.05, 0.1) is 22.3 Å². The normalized spacial score (nSPS) is 11.2. The number of hydrogen-bond donors (Lipinski definition) is 2. The Morgan fingerprint density at radius 2 is 1.74 bits per heavy atom. The molecule has 2 heterocycles. The fraction of sp³-hybridized carbons (Fsp3) is 0.100. The van der Waals surface area contributed by atoms with Gasteiger partial charge in [0.15, 0.2) is 5.75 Å². The third-order valence-corrected chi connectivity index (χ3v) is 4.47. The van der Waals surface area contributed by atoms with Gasteiger partial charge in [-0.1, -0.05) is 36.4 Å². The molecule has 0 aliphatic heterocycles. The quantitative estimate of drug-likeness (QED) is 0.582. The minimum absolute atomic E-state index is 0.194. The molecule has 5 nitrogen and oxygen atoms in total. The first-order chi connectivity index (χ1) is 13.0. The molecule has 0 aliphatic carbocycles. The van der Waals surface area contributed by atoms with E-state index >= 15 is 0 Å². The van der Waals surface area contributed by atoms with Gasteiger partial charge < -0.3 is 10.1 Å². The van der Waals surface area contributed by atoms with E-state index in [1.54, 1.807) is 7.05 Å². The average Bonchev–Trinajstić information content (AvgIpc) is 2.95. The molecule has 0 bridgehead atoms. The van der Waals surface area contributed by atoms with Gasteiger partial charge in [0.1, 0.15) is 17.3 Å². The summed E-state index contributed by atoms with van der Waals surface area (Å²) in [6.07, 6.45) is 0.383. The molecule has 136 valence electrons. The molecule has 4 rings (SSSR count).